The van der Waals surface area contributed by atoms with Gasteiger partial charge in [0.1, 0.15) is 0 Å². The van der Waals surface area contributed by atoms with E-state index in [1.165, 1.54) is 0 Å². The third-order valence-corrected chi connectivity index (χ3v) is 3.90. The Morgan fingerprint density at radius 1 is 1.21 bits per heavy atom. The Morgan fingerprint density at radius 2 is 2.11 bits per heavy atom. The van der Waals surface area contributed by atoms with Crippen molar-refractivity contribution in [3.8, 4) is 0 Å². The van der Waals surface area contributed by atoms with Crippen molar-refractivity contribution in [2.75, 3.05) is 13.1 Å². The van der Waals surface area contributed by atoms with Crippen LogP contribution < -0.4 is 11.1 Å². The summed E-state index contributed by atoms with van der Waals surface area (Å²) in [4.78, 5) is 12.1. The van der Waals surface area contributed by atoms with Crippen molar-refractivity contribution in [2.45, 2.75) is 12.5 Å². The van der Waals surface area contributed by atoms with E-state index < -0.39 is 0 Å². The maximum absolute atomic E-state index is 12.1. The van der Waals surface area contributed by atoms with E-state index in [2.05, 4.69) is 5.32 Å². The molecular weight excluding hydrogens is 240 g/mol. The summed E-state index contributed by atoms with van der Waals surface area (Å²) in [6.45, 7) is 1.79. The molecule has 1 aromatic heterocycles. The van der Waals surface area contributed by atoms with Crippen molar-refractivity contribution in [1.29, 1.82) is 0 Å². The average Bonchev–Trinajstić information content (AvgIpc) is 3.04. The number of fused-ring (bicyclic) bond motifs is 3. The van der Waals surface area contributed by atoms with Gasteiger partial charge in [-0.2, -0.15) is 0 Å². The number of nitrogens with zero attached hydrogens (tertiary/aromatic N) is 1. The quantitative estimate of drug-likeness (QED) is 0.724. The third kappa shape index (κ3) is 1.53. The van der Waals surface area contributed by atoms with Crippen LogP contribution >= 0.6 is 0 Å². The van der Waals surface area contributed by atoms with Gasteiger partial charge in [0.2, 0.25) is 0 Å². The first-order chi connectivity index (χ1) is 9.34. The summed E-state index contributed by atoms with van der Waals surface area (Å²) >= 11 is 0. The Balaban J connectivity index is 2.07. The second-order valence-electron chi connectivity index (χ2n) is 5.02. The maximum atomic E-state index is 12.1. The van der Waals surface area contributed by atoms with Crippen LogP contribution in [0.1, 0.15) is 12.5 Å². The number of benzene rings is 2. The number of rotatable bonds is 1. The lowest BCUT2D eigenvalue weighted by Crippen LogP contribution is -2.22. The van der Waals surface area contributed by atoms with Gasteiger partial charge in [0.15, 0.2) is 5.58 Å². The Hall–Kier alpha value is -2.07. The molecule has 0 saturated carbocycles. The molecule has 2 aromatic carbocycles. The highest BCUT2D eigenvalue weighted by Gasteiger charge is 2.22. The van der Waals surface area contributed by atoms with Gasteiger partial charge in [-0.25, -0.2) is 4.79 Å². The van der Waals surface area contributed by atoms with Crippen LogP contribution in [0.15, 0.2) is 45.6 Å². The molecule has 1 aliphatic rings. The van der Waals surface area contributed by atoms with Crippen LogP contribution in [0, 0.1) is 0 Å². The van der Waals surface area contributed by atoms with Crippen LogP contribution in [0.4, 0.5) is 0 Å². The standard InChI is InChI=1S/C15H14N2O2/c18-15-17(11-7-8-16-9-11)13-6-5-10-3-1-2-4-12(10)14(13)19-15/h1-6,11,16H,7-9H2. The molecule has 0 spiro atoms. The Bertz CT molecular complexity index is 810. The molecule has 19 heavy (non-hydrogen) atoms. The molecule has 1 saturated heterocycles. The minimum absolute atomic E-state index is 0.204. The fraction of sp³-hybridized carbons (Fsp3) is 0.267. The first-order valence-electron chi connectivity index (χ1n) is 6.58. The van der Waals surface area contributed by atoms with Crippen molar-refractivity contribution in [3.05, 3.63) is 46.9 Å². The molecule has 1 aliphatic heterocycles. The second kappa shape index (κ2) is 3.96. The van der Waals surface area contributed by atoms with Gasteiger partial charge in [0, 0.05) is 11.9 Å². The molecule has 1 atom stereocenters. The molecule has 4 heteroatoms. The van der Waals surface area contributed by atoms with E-state index in [0.717, 1.165) is 35.8 Å². The van der Waals surface area contributed by atoms with Gasteiger partial charge in [-0.15, -0.1) is 0 Å². The van der Waals surface area contributed by atoms with Gasteiger partial charge in [-0.3, -0.25) is 4.57 Å². The van der Waals surface area contributed by atoms with Crippen LogP contribution in [-0.4, -0.2) is 17.7 Å². The fourth-order valence-electron chi connectivity index (χ4n) is 2.97. The zero-order valence-electron chi connectivity index (χ0n) is 10.4. The predicted octanol–water partition coefficient (Wildman–Crippen LogP) is 2.28. The average molecular weight is 254 g/mol. The van der Waals surface area contributed by atoms with Crippen LogP contribution in [0.3, 0.4) is 0 Å². The van der Waals surface area contributed by atoms with Gasteiger partial charge < -0.3 is 9.73 Å². The minimum atomic E-state index is -0.250. The Kier molecular flexibility index (Phi) is 2.26. The molecule has 4 rings (SSSR count). The lowest BCUT2D eigenvalue weighted by atomic mass is 10.1. The van der Waals surface area contributed by atoms with Crippen LogP contribution in [-0.2, 0) is 0 Å². The summed E-state index contributed by atoms with van der Waals surface area (Å²) in [5.41, 5.74) is 1.60. The fourth-order valence-corrected chi connectivity index (χ4v) is 2.97. The first kappa shape index (κ1) is 10.8. The lowest BCUT2D eigenvalue weighted by Gasteiger charge is -2.09. The van der Waals surface area contributed by atoms with Crippen LogP contribution in [0.2, 0.25) is 0 Å². The number of aromatic nitrogens is 1. The molecule has 2 heterocycles. The van der Waals surface area contributed by atoms with Crippen molar-refractivity contribution in [1.82, 2.24) is 9.88 Å². The van der Waals surface area contributed by atoms with E-state index in [4.69, 9.17) is 4.42 Å². The lowest BCUT2D eigenvalue weighted by molar-refractivity contribution is 0.460. The van der Waals surface area contributed by atoms with E-state index in [0.29, 0.717) is 5.58 Å². The van der Waals surface area contributed by atoms with Crippen molar-refractivity contribution in [3.63, 3.8) is 0 Å². The summed E-state index contributed by atoms with van der Waals surface area (Å²) in [6, 6.07) is 12.2. The molecule has 3 aromatic rings. The Morgan fingerprint density at radius 3 is 2.95 bits per heavy atom. The zero-order chi connectivity index (χ0) is 12.8. The molecule has 1 N–H and O–H groups in total. The highest BCUT2D eigenvalue weighted by atomic mass is 16.4. The summed E-state index contributed by atoms with van der Waals surface area (Å²) in [5, 5.41) is 5.39. The summed E-state index contributed by atoms with van der Waals surface area (Å²) in [5.74, 6) is -0.250. The normalized spacial score (nSPS) is 19.5. The van der Waals surface area contributed by atoms with E-state index in [-0.39, 0.29) is 11.8 Å². The first-order valence-corrected chi connectivity index (χ1v) is 6.58. The highest BCUT2D eigenvalue weighted by molar-refractivity contribution is 6.02. The molecular formula is C15H14N2O2. The predicted molar refractivity (Wildman–Crippen MR) is 74.5 cm³/mol. The van der Waals surface area contributed by atoms with E-state index >= 15 is 0 Å². The van der Waals surface area contributed by atoms with Crippen LogP contribution in [0.25, 0.3) is 21.9 Å². The van der Waals surface area contributed by atoms with E-state index in [9.17, 15) is 4.79 Å². The van der Waals surface area contributed by atoms with Gasteiger partial charge in [0.25, 0.3) is 0 Å². The molecule has 96 valence electrons. The highest BCUT2D eigenvalue weighted by Crippen LogP contribution is 2.27. The molecule has 0 radical (unpaired) electrons. The smallest absolute Gasteiger partial charge is 0.407 e. The van der Waals surface area contributed by atoms with E-state index in [1.807, 2.05) is 36.4 Å². The minimum Gasteiger partial charge on any atom is -0.407 e. The summed E-state index contributed by atoms with van der Waals surface area (Å²) < 4.78 is 7.30. The number of oxazole rings is 1. The molecule has 4 nitrogen and oxygen atoms in total. The third-order valence-electron chi connectivity index (χ3n) is 3.90. The van der Waals surface area contributed by atoms with Gasteiger partial charge in [0.05, 0.1) is 11.6 Å². The molecule has 1 unspecified atom stereocenters. The van der Waals surface area contributed by atoms with Crippen molar-refractivity contribution >= 4 is 21.9 Å². The second-order valence-corrected chi connectivity index (χ2v) is 5.02. The number of hydrogen-bond acceptors (Lipinski definition) is 3. The van der Waals surface area contributed by atoms with Gasteiger partial charge in [-0.05, 0) is 24.4 Å². The van der Waals surface area contributed by atoms with Crippen molar-refractivity contribution in [2.24, 2.45) is 0 Å². The van der Waals surface area contributed by atoms with Crippen molar-refractivity contribution < 1.29 is 4.42 Å². The molecule has 0 amide bonds. The van der Waals surface area contributed by atoms with E-state index in [1.54, 1.807) is 4.57 Å². The summed E-state index contributed by atoms with van der Waals surface area (Å²) in [6.07, 6.45) is 0.974. The number of nitrogens with one attached hydrogen (secondary N) is 1. The maximum Gasteiger partial charge on any atom is 0.420 e. The SMILES string of the molecule is O=c1oc2c3ccccc3ccc2n1C1CCNC1. The number of hydrogen-bond donors (Lipinski definition) is 1. The van der Waals surface area contributed by atoms with Gasteiger partial charge in [-0.1, -0.05) is 30.3 Å². The molecule has 1 fully saturated rings. The van der Waals surface area contributed by atoms with Gasteiger partial charge >= 0.3 is 5.76 Å². The molecule has 0 aliphatic carbocycles. The molecule has 0 bridgehead atoms. The monoisotopic (exact) mass is 254 g/mol. The summed E-state index contributed by atoms with van der Waals surface area (Å²) in [7, 11) is 0. The zero-order valence-corrected chi connectivity index (χ0v) is 10.4. The largest absolute Gasteiger partial charge is 0.420 e. The Labute approximate surface area is 109 Å². The topological polar surface area (TPSA) is 47.2 Å². The van der Waals surface area contributed by atoms with Crippen LogP contribution in [0.5, 0.6) is 0 Å².